The van der Waals surface area contributed by atoms with Gasteiger partial charge in [-0.2, -0.15) is 10.2 Å². The molecule has 2 aliphatic rings. The molecule has 3 aromatic heterocycles. The summed E-state index contributed by atoms with van der Waals surface area (Å²) in [6.45, 7) is 2.05. The highest BCUT2D eigenvalue weighted by molar-refractivity contribution is 5.90. The maximum Gasteiger partial charge on any atom is 0.407 e. The van der Waals surface area contributed by atoms with Gasteiger partial charge in [-0.1, -0.05) is 0 Å². The van der Waals surface area contributed by atoms with Gasteiger partial charge < -0.3 is 15.4 Å². The van der Waals surface area contributed by atoms with E-state index < -0.39 is 0 Å². The van der Waals surface area contributed by atoms with Crippen LogP contribution in [0.5, 0.6) is 0 Å². The normalized spacial score (nSPS) is 22.6. The fourth-order valence-corrected chi connectivity index (χ4v) is 4.04. The topological polar surface area (TPSA) is 110 Å². The Labute approximate surface area is 168 Å². The largest absolute Gasteiger partial charge is 0.446 e. The van der Waals surface area contributed by atoms with Gasteiger partial charge in [0.2, 0.25) is 0 Å². The maximum absolute atomic E-state index is 12.0. The number of hydrogen-bond donors (Lipinski definition) is 3. The predicted molar refractivity (Wildman–Crippen MR) is 108 cm³/mol. The number of anilines is 2. The van der Waals surface area contributed by atoms with E-state index in [1.165, 1.54) is 0 Å². The minimum atomic E-state index is -0.292. The van der Waals surface area contributed by atoms with E-state index in [1.54, 1.807) is 18.6 Å². The Bertz CT molecular complexity index is 1050. The van der Waals surface area contributed by atoms with Crippen molar-refractivity contribution in [1.82, 2.24) is 30.3 Å². The van der Waals surface area contributed by atoms with Gasteiger partial charge in [0.15, 0.2) is 5.82 Å². The molecule has 1 amide bonds. The van der Waals surface area contributed by atoms with Crippen LogP contribution in [0.2, 0.25) is 0 Å². The number of carbonyl (C=O) groups is 1. The number of aryl methyl sites for hydroxylation is 1. The zero-order valence-corrected chi connectivity index (χ0v) is 16.6. The summed E-state index contributed by atoms with van der Waals surface area (Å²) < 4.78 is 7.43. The molecule has 0 aromatic carbocycles. The molecule has 0 radical (unpaired) electrons. The Hall–Kier alpha value is -3.10. The standard InChI is InChI=1S/C20H25N7O2/c1-20(5-6-20)24-19(28)29-14-4-3-12(7-14)15-8-17(26-25-15)23-16-11-21-9-13-10-22-27(2)18(13)16/h8-12,14H,3-7H2,1-2H3,(H,24,28)(H2,23,25,26)/t12-,14+/m0/s1. The summed E-state index contributed by atoms with van der Waals surface area (Å²) >= 11 is 0. The lowest BCUT2D eigenvalue weighted by atomic mass is 10.0. The first-order chi connectivity index (χ1) is 14.0. The number of fused-ring (bicyclic) bond motifs is 1. The van der Waals surface area contributed by atoms with Crippen molar-refractivity contribution in [2.24, 2.45) is 7.05 Å². The number of aromatic nitrogens is 5. The SMILES string of the molecule is Cn1ncc2cncc(Nc3cc([C@H]4CC[C@@H](OC(=O)NC5(C)CC5)C4)[nH]n3)c21. The number of alkyl carbamates (subject to hydrolysis) is 1. The second-order valence-corrected chi connectivity index (χ2v) is 8.45. The molecule has 29 heavy (non-hydrogen) atoms. The van der Waals surface area contributed by atoms with E-state index in [-0.39, 0.29) is 17.7 Å². The minimum Gasteiger partial charge on any atom is -0.446 e. The first kappa shape index (κ1) is 18.0. The molecule has 0 aliphatic heterocycles. The number of H-pyrrole nitrogens is 1. The van der Waals surface area contributed by atoms with Gasteiger partial charge in [0.25, 0.3) is 0 Å². The fourth-order valence-electron chi connectivity index (χ4n) is 4.04. The number of amides is 1. The van der Waals surface area contributed by atoms with Gasteiger partial charge in [-0.05, 0) is 39.0 Å². The van der Waals surface area contributed by atoms with Crippen molar-refractivity contribution >= 4 is 28.5 Å². The third kappa shape index (κ3) is 3.64. The lowest BCUT2D eigenvalue weighted by Gasteiger charge is -2.16. The van der Waals surface area contributed by atoms with E-state index >= 15 is 0 Å². The molecule has 9 heteroatoms. The van der Waals surface area contributed by atoms with Crippen LogP contribution in [0.15, 0.2) is 24.7 Å². The van der Waals surface area contributed by atoms with Gasteiger partial charge in [0.1, 0.15) is 6.10 Å². The van der Waals surface area contributed by atoms with Crippen molar-refractivity contribution in [3.63, 3.8) is 0 Å². The third-order valence-electron chi connectivity index (χ3n) is 6.00. The number of nitrogens with one attached hydrogen (secondary N) is 3. The molecule has 0 saturated heterocycles. The molecule has 2 saturated carbocycles. The zero-order chi connectivity index (χ0) is 20.0. The lowest BCUT2D eigenvalue weighted by molar-refractivity contribution is 0.0967. The molecule has 0 unspecified atom stereocenters. The molecule has 152 valence electrons. The Morgan fingerprint density at radius 3 is 3.00 bits per heavy atom. The number of pyridine rings is 1. The van der Waals surface area contributed by atoms with Crippen LogP contribution in [0.4, 0.5) is 16.3 Å². The van der Waals surface area contributed by atoms with Crippen LogP contribution in [-0.2, 0) is 11.8 Å². The first-order valence-corrected chi connectivity index (χ1v) is 10.1. The summed E-state index contributed by atoms with van der Waals surface area (Å²) in [4.78, 5) is 16.3. The van der Waals surface area contributed by atoms with Crippen LogP contribution in [0.3, 0.4) is 0 Å². The number of carbonyl (C=O) groups excluding carboxylic acids is 1. The van der Waals surface area contributed by atoms with Crippen molar-refractivity contribution < 1.29 is 9.53 Å². The molecule has 0 spiro atoms. The van der Waals surface area contributed by atoms with Crippen LogP contribution in [0, 0.1) is 0 Å². The van der Waals surface area contributed by atoms with Crippen molar-refractivity contribution in [3.8, 4) is 0 Å². The van der Waals surface area contributed by atoms with Crippen molar-refractivity contribution in [2.75, 3.05) is 5.32 Å². The van der Waals surface area contributed by atoms with Gasteiger partial charge in [-0.25, -0.2) is 4.79 Å². The van der Waals surface area contributed by atoms with Crippen molar-refractivity contribution in [3.05, 3.63) is 30.4 Å². The summed E-state index contributed by atoms with van der Waals surface area (Å²) in [6, 6.07) is 2.02. The molecule has 9 nitrogen and oxygen atoms in total. The molecule has 0 bridgehead atoms. The molecular weight excluding hydrogens is 370 g/mol. The molecule has 2 atom stereocenters. The highest BCUT2D eigenvalue weighted by Gasteiger charge is 2.40. The van der Waals surface area contributed by atoms with Gasteiger partial charge in [-0.15, -0.1) is 0 Å². The third-order valence-corrected chi connectivity index (χ3v) is 6.00. The second-order valence-electron chi connectivity index (χ2n) is 8.45. The van der Waals surface area contributed by atoms with Gasteiger partial charge >= 0.3 is 6.09 Å². The average molecular weight is 395 g/mol. The monoisotopic (exact) mass is 395 g/mol. The molecule has 3 aromatic rings. The van der Waals surface area contributed by atoms with Crippen molar-refractivity contribution in [1.29, 1.82) is 0 Å². The lowest BCUT2D eigenvalue weighted by Crippen LogP contribution is -2.36. The number of nitrogens with zero attached hydrogens (tertiary/aromatic N) is 4. The number of ether oxygens (including phenoxy) is 1. The summed E-state index contributed by atoms with van der Waals surface area (Å²) in [5, 5.41) is 19.1. The van der Waals surface area contributed by atoms with E-state index in [4.69, 9.17) is 4.74 Å². The average Bonchev–Trinajstić information content (AvgIpc) is 3.10. The molecule has 3 heterocycles. The highest BCUT2D eigenvalue weighted by Crippen LogP contribution is 2.37. The molecule has 5 rings (SSSR count). The summed E-state index contributed by atoms with van der Waals surface area (Å²) in [5.41, 5.74) is 2.84. The number of hydrogen-bond acceptors (Lipinski definition) is 6. The van der Waals surface area contributed by atoms with Crippen LogP contribution in [0.25, 0.3) is 10.9 Å². The van der Waals surface area contributed by atoms with E-state index in [0.29, 0.717) is 5.92 Å². The quantitative estimate of drug-likeness (QED) is 0.611. The van der Waals surface area contributed by atoms with Gasteiger partial charge in [-0.3, -0.25) is 14.8 Å². The summed E-state index contributed by atoms with van der Waals surface area (Å²) in [5.74, 6) is 1.04. The Morgan fingerprint density at radius 1 is 1.31 bits per heavy atom. The second kappa shape index (κ2) is 6.75. The number of rotatable bonds is 5. The van der Waals surface area contributed by atoms with Crippen molar-refractivity contribution in [2.45, 2.75) is 56.6 Å². The van der Waals surface area contributed by atoms with Crippen LogP contribution in [-0.4, -0.2) is 42.7 Å². The fraction of sp³-hybridized carbons (Fsp3) is 0.500. The summed E-state index contributed by atoms with van der Waals surface area (Å²) in [6.07, 6.45) is 9.73. The molecule has 2 aliphatic carbocycles. The smallest absolute Gasteiger partial charge is 0.407 e. The van der Waals surface area contributed by atoms with E-state index in [1.807, 2.05) is 24.7 Å². The highest BCUT2D eigenvalue weighted by atomic mass is 16.6. The zero-order valence-electron chi connectivity index (χ0n) is 16.6. The molecular formula is C20H25N7O2. The molecule has 2 fully saturated rings. The van der Waals surface area contributed by atoms with E-state index in [9.17, 15) is 4.79 Å². The Balaban J connectivity index is 1.22. The van der Waals surface area contributed by atoms with Crippen LogP contribution < -0.4 is 10.6 Å². The van der Waals surface area contributed by atoms with Crippen LogP contribution >= 0.6 is 0 Å². The number of aromatic amines is 1. The molecule has 3 N–H and O–H groups in total. The maximum atomic E-state index is 12.0. The van der Waals surface area contributed by atoms with Gasteiger partial charge in [0, 0.05) is 41.8 Å². The van der Waals surface area contributed by atoms with E-state index in [2.05, 4.69) is 30.9 Å². The minimum absolute atomic E-state index is 0.0468. The summed E-state index contributed by atoms with van der Waals surface area (Å²) in [7, 11) is 1.90. The van der Waals surface area contributed by atoms with Gasteiger partial charge in [0.05, 0.1) is 23.6 Å². The van der Waals surface area contributed by atoms with Crippen LogP contribution in [0.1, 0.15) is 50.6 Å². The first-order valence-electron chi connectivity index (χ1n) is 10.1. The predicted octanol–water partition coefficient (Wildman–Crippen LogP) is 3.35. The Kier molecular flexibility index (Phi) is 4.18. The van der Waals surface area contributed by atoms with E-state index in [0.717, 1.165) is 60.2 Å². The Morgan fingerprint density at radius 2 is 2.17 bits per heavy atom.